The number of aryl methyl sites for hydroxylation is 1. The lowest BCUT2D eigenvalue weighted by atomic mass is 9.71. The van der Waals surface area contributed by atoms with E-state index in [1.54, 1.807) is 11.1 Å². The van der Waals surface area contributed by atoms with Gasteiger partial charge >= 0.3 is 0 Å². The van der Waals surface area contributed by atoms with Gasteiger partial charge in [-0.05, 0) is 64.6 Å². The highest BCUT2D eigenvalue weighted by Gasteiger charge is 2.28. The Bertz CT molecular complexity index is 674. The third-order valence-corrected chi connectivity index (χ3v) is 6.36. The number of hydrogen-bond acceptors (Lipinski definition) is 4. The number of fused-ring (bicyclic) bond motifs is 1. The summed E-state index contributed by atoms with van der Waals surface area (Å²) in [6.45, 7) is 11.9. The van der Waals surface area contributed by atoms with Gasteiger partial charge in [-0.2, -0.15) is 5.10 Å². The van der Waals surface area contributed by atoms with Gasteiger partial charge in [-0.3, -0.25) is 9.58 Å². The highest BCUT2D eigenvalue weighted by Crippen LogP contribution is 2.41. The molecule has 152 valence electrons. The molecule has 0 bridgehead atoms. The molecule has 1 aromatic rings. The van der Waals surface area contributed by atoms with Gasteiger partial charge in [0.1, 0.15) is 6.10 Å². The summed E-state index contributed by atoms with van der Waals surface area (Å²) in [6, 6.07) is 2.11. The molecule has 1 aliphatic heterocycles. The largest absolute Gasteiger partial charge is 0.385 e. The van der Waals surface area contributed by atoms with Gasteiger partial charge in [0.15, 0.2) is 0 Å². The monoisotopic (exact) mass is 374 g/mol. The Kier molecular flexibility index (Phi) is 6.44. The van der Waals surface area contributed by atoms with E-state index in [9.17, 15) is 5.11 Å². The molecule has 0 amide bonds. The van der Waals surface area contributed by atoms with Crippen molar-refractivity contribution in [3.05, 3.63) is 28.6 Å². The third-order valence-electron chi connectivity index (χ3n) is 6.36. The topological polar surface area (TPSA) is 44.5 Å². The van der Waals surface area contributed by atoms with Crippen LogP contribution >= 0.6 is 0 Å². The molecule has 0 radical (unpaired) electrons. The maximum Gasteiger partial charge on any atom is 0.110 e. The maximum absolute atomic E-state index is 10.4. The van der Waals surface area contributed by atoms with Crippen molar-refractivity contribution in [2.75, 3.05) is 33.7 Å². The molecule has 0 fully saturated rings. The molecule has 2 heterocycles. The van der Waals surface area contributed by atoms with Gasteiger partial charge in [0.25, 0.3) is 0 Å². The normalized spacial score (nSPS) is 22.0. The van der Waals surface area contributed by atoms with Crippen LogP contribution in [0.15, 0.2) is 17.2 Å². The zero-order chi connectivity index (χ0) is 19.6. The van der Waals surface area contributed by atoms with Crippen LogP contribution in [0.3, 0.4) is 0 Å². The van der Waals surface area contributed by atoms with Crippen LogP contribution in [0.25, 0.3) is 0 Å². The first-order valence-electron chi connectivity index (χ1n) is 10.6. The van der Waals surface area contributed by atoms with Crippen LogP contribution in [0.2, 0.25) is 0 Å². The van der Waals surface area contributed by atoms with Gasteiger partial charge in [0.05, 0.1) is 11.4 Å². The second kappa shape index (κ2) is 8.46. The average Bonchev–Trinajstić information content (AvgIpc) is 2.86. The molecule has 1 atom stereocenters. The number of allylic oxidation sites excluding steroid dienone is 1. The minimum absolute atomic E-state index is 0.361. The SMILES string of the molecule is CC1=C(CCN2CCCn3nc([C@H](O)CN(C)C)cc3C2)C(C)(C)CCC1. The van der Waals surface area contributed by atoms with Crippen LogP contribution in [0.4, 0.5) is 0 Å². The molecule has 5 heteroatoms. The van der Waals surface area contributed by atoms with Gasteiger partial charge < -0.3 is 10.0 Å². The Labute approximate surface area is 165 Å². The number of rotatable bonds is 6. The van der Waals surface area contributed by atoms with E-state index in [-0.39, 0.29) is 0 Å². The van der Waals surface area contributed by atoms with E-state index < -0.39 is 6.10 Å². The highest BCUT2D eigenvalue weighted by atomic mass is 16.3. The van der Waals surface area contributed by atoms with E-state index in [0.717, 1.165) is 38.3 Å². The highest BCUT2D eigenvalue weighted by molar-refractivity contribution is 5.22. The van der Waals surface area contributed by atoms with E-state index in [1.807, 2.05) is 19.0 Å². The Hall–Kier alpha value is -1.17. The Morgan fingerprint density at radius 2 is 2.04 bits per heavy atom. The molecule has 3 rings (SSSR count). The van der Waals surface area contributed by atoms with E-state index >= 15 is 0 Å². The zero-order valence-electron chi connectivity index (χ0n) is 18.0. The molecular formula is C22H38N4O. The maximum atomic E-state index is 10.4. The summed E-state index contributed by atoms with van der Waals surface area (Å²) in [4.78, 5) is 4.58. The van der Waals surface area contributed by atoms with Crippen LogP contribution in [0, 0.1) is 5.41 Å². The van der Waals surface area contributed by atoms with Crippen molar-refractivity contribution >= 4 is 0 Å². The number of aliphatic hydroxyl groups is 1. The first kappa shape index (κ1) is 20.6. The van der Waals surface area contributed by atoms with Crippen LogP contribution in [0.5, 0.6) is 0 Å². The molecule has 0 unspecified atom stereocenters. The fraction of sp³-hybridized carbons (Fsp3) is 0.773. The fourth-order valence-electron chi connectivity index (χ4n) is 4.84. The van der Waals surface area contributed by atoms with Crippen molar-refractivity contribution in [3.8, 4) is 0 Å². The van der Waals surface area contributed by atoms with Crippen LogP contribution in [-0.4, -0.2) is 58.4 Å². The van der Waals surface area contributed by atoms with Gasteiger partial charge in [-0.15, -0.1) is 0 Å². The number of aliphatic hydroxyl groups excluding tert-OH is 1. The smallest absolute Gasteiger partial charge is 0.110 e. The summed E-state index contributed by atoms with van der Waals surface area (Å²) in [7, 11) is 3.96. The molecule has 0 saturated heterocycles. The van der Waals surface area contributed by atoms with Crippen LogP contribution in [-0.2, 0) is 13.1 Å². The molecule has 27 heavy (non-hydrogen) atoms. The predicted octanol–water partition coefficient (Wildman–Crippen LogP) is 3.60. The molecule has 0 spiro atoms. The lowest BCUT2D eigenvalue weighted by Crippen LogP contribution is -2.28. The van der Waals surface area contributed by atoms with Gasteiger partial charge in [-0.1, -0.05) is 25.0 Å². The minimum atomic E-state index is -0.510. The summed E-state index contributed by atoms with van der Waals surface area (Å²) in [5, 5.41) is 15.1. The van der Waals surface area contributed by atoms with Crippen molar-refractivity contribution in [1.29, 1.82) is 0 Å². The van der Waals surface area contributed by atoms with Gasteiger partial charge in [0, 0.05) is 32.7 Å². The lowest BCUT2D eigenvalue weighted by Gasteiger charge is -2.35. The molecule has 0 saturated carbocycles. The van der Waals surface area contributed by atoms with E-state index in [4.69, 9.17) is 0 Å². The van der Waals surface area contributed by atoms with Crippen molar-refractivity contribution in [3.63, 3.8) is 0 Å². The average molecular weight is 375 g/mol. The Morgan fingerprint density at radius 1 is 1.26 bits per heavy atom. The number of nitrogens with zero attached hydrogens (tertiary/aromatic N) is 4. The third kappa shape index (κ3) is 5.01. The summed E-state index contributed by atoms with van der Waals surface area (Å²) in [6.07, 6.45) is 5.73. The second-order valence-electron chi connectivity index (χ2n) is 9.44. The molecular weight excluding hydrogens is 336 g/mol. The Balaban J connectivity index is 1.65. The number of hydrogen-bond donors (Lipinski definition) is 1. The Morgan fingerprint density at radius 3 is 2.74 bits per heavy atom. The zero-order valence-corrected chi connectivity index (χ0v) is 18.0. The van der Waals surface area contributed by atoms with Crippen LogP contribution in [0.1, 0.15) is 70.4 Å². The first-order chi connectivity index (χ1) is 12.8. The molecule has 1 aliphatic carbocycles. The van der Waals surface area contributed by atoms with Gasteiger partial charge in [0.2, 0.25) is 0 Å². The van der Waals surface area contributed by atoms with Gasteiger partial charge in [-0.25, -0.2) is 0 Å². The second-order valence-corrected chi connectivity index (χ2v) is 9.44. The lowest BCUT2D eigenvalue weighted by molar-refractivity contribution is 0.133. The standard InChI is InChI=1S/C22H38N4O/c1-17-8-6-10-22(2,3)19(17)9-13-25-11-7-12-26-18(15-25)14-20(23-26)21(27)16-24(4)5/h14,21,27H,6-13,15-16H2,1-5H3/t21-/m1/s1. The van der Waals surface area contributed by atoms with Crippen molar-refractivity contribution < 1.29 is 5.11 Å². The molecule has 1 N–H and O–H groups in total. The van der Waals surface area contributed by atoms with Crippen molar-refractivity contribution in [2.45, 2.75) is 72.1 Å². The summed E-state index contributed by atoms with van der Waals surface area (Å²) < 4.78 is 2.11. The van der Waals surface area contributed by atoms with Crippen molar-refractivity contribution in [2.24, 2.45) is 5.41 Å². The molecule has 2 aliphatic rings. The molecule has 5 nitrogen and oxygen atoms in total. The molecule has 0 aromatic carbocycles. The van der Waals surface area contributed by atoms with Crippen LogP contribution < -0.4 is 0 Å². The van der Waals surface area contributed by atoms with E-state index in [1.165, 1.54) is 31.4 Å². The van der Waals surface area contributed by atoms with Crippen molar-refractivity contribution in [1.82, 2.24) is 19.6 Å². The van der Waals surface area contributed by atoms with E-state index in [2.05, 4.69) is 41.5 Å². The molecule has 1 aromatic heterocycles. The first-order valence-corrected chi connectivity index (χ1v) is 10.6. The quantitative estimate of drug-likeness (QED) is 0.773. The summed E-state index contributed by atoms with van der Waals surface area (Å²) in [5.41, 5.74) is 5.73. The summed E-state index contributed by atoms with van der Waals surface area (Å²) >= 11 is 0. The van der Waals surface area contributed by atoms with E-state index in [0.29, 0.717) is 12.0 Å². The minimum Gasteiger partial charge on any atom is -0.385 e. The number of aromatic nitrogens is 2. The predicted molar refractivity (Wildman–Crippen MR) is 111 cm³/mol. The number of likely N-dealkylation sites (N-methyl/N-ethyl adjacent to an activating group) is 1. The summed E-state index contributed by atoms with van der Waals surface area (Å²) in [5.74, 6) is 0. The fourth-order valence-corrected chi connectivity index (χ4v) is 4.84.